The molecule has 0 amide bonds. The molecule has 0 radical (unpaired) electrons. The summed E-state index contributed by atoms with van der Waals surface area (Å²) in [5.74, 6) is -0.140. The van der Waals surface area contributed by atoms with Crippen molar-refractivity contribution in [3.05, 3.63) is 56.6 Å². The number of pyridine rings is 1. The fourth-order valence-corrected chi connectivity index (χ4v) is 4.99. The first kappa shape index (κ1) is 21.7. The molecule has 33 heavy (non-hydrogen) atoms. The molecule has 10 heteroatoms. The van der Waals surface area contributed by atoms with Gasteiger partial charge >= 0.3 is 5.97 Å². The molecule has 1 saturated carbocycles. The van der Waals surface area contributed by atoms with E-state index in [2.05, 4.69) is 15.2 Å². The molecule has 2 fully saturated rings. The zero-order valence-corrected chi connectivity index (χ0v) is 19.2. The lowest BCUT2D eigenvalue weighted by Crippen LogP contribution is -2.33. The van der Waals surface area contributed by atoms with Gasteiger partial charge in [-0.05, 0) is 37.6 Å². The number of carboxylic acids is 1. The van der Waals surface area contributed by atoms with Crippen LogP contribution in [0.2, 0.25) is 5.15 Å². The second-order valence-corrected chi connectivity index (χ2v) is 9.34. The predicted octanol–water partition coefficient (Wildman–Crippen LogP) is 2.59. The van der Waals surface area contributed by atoms with Crippen molar-refractivity contribution < 1.29 is 15.0 Å². The summed E-state index contributed by atoms with van der Waals surface area (Å²) in [4.78, 5) is 35.8. The van der Waals surface area contributed by atoms with E-state index in [1.165, 1.54) is 6.07 Å². The first-order valence-electron chi connectivity index (χ1n) is 10.8. The van der Waals surface area contributed by atoms with Crippen molar-refractivity contribution in [1.82, 2.24) is 14.5 Å². The lowest BCUT2D eigenvalue weighted by atomic mass is 10.0. The molecule has 1 saturated heterocycles. The lowest BCUT2D eigenvalue weighted by molar-refractivity contribution is 0.0691. The molecule has 3 unspecified atom stereocenters. The van der Waals surface area contributed by atoms with Crippen LogP contribution in [0.5, 0.6) is 0 Å². The molecule has 3 heterocycles. The highest BCUT2D eigenvalue weighted by molar-refractivity contribution is 6.29. The highest BCUT2D eigenvalue weighted by Gasteiger charge is 2.55. The number of carbonyl (C=O) groups is 1. The molecule has 3 aromatic rings. The third kappa shape index (κ3) is 3.61. The second-order valence-electron chi connectivity index (χ2n) is 8.95. The largest absolute Gasteiger partial charge is 0.476 e. The molecular formula is C23H24ClN5O4. The number of rotatable bonds is 5. The van der Waals surface area contributed by atoms with Crippen molar-refractivity contribution in [2.75, 3.05) is 23.3 Å². The number of aliphatic hydroxyl groups excluding tert-OH is 1. The number of halogens is 1. The molecule has 2 aliphatic rings. The van der Waals surface area contributed by atoms with Gasteiger partial charge in [0.2, 0.25) is 5.95 Å². The average Bonchev–Trinajstić information content (AvgIpc) is 3.17. The normalized spacial score (nSPS) is 22.3. The van der Waals surface area contributed by atoms with Crippen LogP contribution in [0.25, 0.3) is 10.9 Å². The Labute approximate surface area is 194 Å². The van der Waals surface area contributed by atoms with Crippen molar-refractivity contribution >= 4 is 40.1 Å². The number of nitrogens with one attached hydrogen (secondary N) is 1. The molecule has 9 nitrogen and oxygen atoms in total. The summed E-state index contributed by atoms with van der Waals surface area (Å²) in [5.41, 5.74) is 2.25. The van der Waals surface area contributed by atoms with Crippen LogP contribution in [-0.2, 0) is 7.05 Å². The summed E-state index contributed by atoms with van der Waals surface area (Å²) in [7, 11) is 1.71. The van der Waals surface area contributed by atoms with Gasteiger partial charge in [-0.25, -0.2) is 14.8 Å². The third-order valence-electron chi connectivity index (χ3n) is 6.66. The van der Waals surface area contributed by atoms with Crippen molar-refractivity contribution in [2.24, 2.45) is 18.9 Å². The molecule has 172 valence electrons. The van der Waals surface area contributed by atoms with E-state index in [-0.39, 0.29) is 40.4 Å². The maximum absolute atomic E-state index is 13.3. The molecule has 0 bridgehead atoms. The molecule has 1 aliphatic heterocycles. The van der Waals surface area contributed by atoms with Crippen molar-refractivity contribution in [3.63, 3.8) is 0 Å². The van der Waals surface area contributed by atoms with E-state index in [9.17, 15) is 19.8 Å². The Morgan fingerprint density at radius 1 is 1.24 bits per heavy atom. The number of hydrogen-bond donors (Lipinski definition) is 3. The molecular weight excluding hydrogens is 446 g/mol. The van der Waals surface area contributed by atoms with Gasteiger partial charge < -0.3 is 20.4 Å². The summed E-state index contributed by atoms with van der Waals surface area (Å²) in [6, 6.07) is 6.51. The Morgan fingerprint density at radius 3 is 2.61 bits per heavy atom. The number of nitrogens with zero attached hydrogens (tertiary/aromatic N) is 4. The van der Waals surface area contributed by atoms with Gasteiger partial charge in [-0.1, -0.05) is 17.7 Å². The van der Waals surface area contributed by atoms with E-state index in [0.29, 0.717) is 35.6 Å². The fourth-order valence-electron chi connectivity index (χ4n) is 4.84. The molecule has 5 rings (SSSR count). The van der Waals surface area contributed by atoms with Gasteiger partial charge in [0, 0.05) is 37.5 Å². The minimum Gasteiger partial charge on any atom is -0.476 e. The van der Waals surface area contributed by atoms with Gasteiger partial charge in [0.1, 0.15) is 5.15 Å². The minimum atomic E-state index is -1.19. The second kappa shape index (κ2) is 7.71. The van der Waals surface area contributed by atoms with Gasteiger partial charge in [0.25, 0.3) is 5.56 Å². The zero-order valence-electron chi connectivity index (χ0n) is 18.4. The number of fused-ring (bicyclic) bond motifs is 2. The Bertz CT molecular complexity index is 1340. The molecule has 1 aliphatic carbocycles. The van der Waals surface area contributed by atoms with E-state index < -0.39 is 5.97 Å². The van der Waals surface area contributed by atoms with Crippen LogP contribution in [-0.4, -0.2) is 49.9 Å². The van der Waals surface area contributed by atoms with E-state index in [0.717, 1.165) is 11.1 Å². The SMILES string of the molecule is Cc1cc(C(C)Nc2ccc(Cl)nc2C(=O)O)c2nc(N3CC4C(O)C4C3)n(C)c(=O)c2c1. The summed E-state index contributed by atoms with van der Waals surface area (Å²) in [6.45, 7) is 5.13. The van der Waals surface area contributed by atoms with Crippen LogP contribution in [0.15, 0.2) is 29.1 Å². The van der Waals surface area contributed by atoms with Gasteiger partial charge in [0.15, 0.2) is 5.69 Å². The number of aromatic carboxylic acids is 1. The monoisotopic (exact) mass is 469 g/mol. The summed E-state index contributed by atoms with van der Waals surface area (Å²) < 4.78 is 1.56. The Kier molecular flexibility index (Phi) is 5.06. The highest BCUT2D eigenvalue weighted by Crippen LogP contribution is 2.46. The van der Waals surface area contributed by atoms with E-state index in [1.807, 2.05) is 26.0 Å². The Morgan fingerprint density at radius 2 is 1.94 bits per heavy atom. The zero-order chi connectivity index (χ0) is 23.6. The molecule has 3 N–H and O–H groups in total. The van der Waals surface area contributed by atoms with Crippen LogP contribution < -0.4 is 15.8 Å². The summed E-state index contributed by atoms with van der Waals surface area (Å²) >= 11 is 5.88. The van der Waals surface area contributed by atoms with Crippen LogP contribution in [0.3, 0.4) is 0 Å². The number of anilines is 2. The van der Waals surface area contributed by atoms with Gasteiger partial charge in [-0.3, -0.25) is 9.36 Å². The smallest absolute Gasteiger partial charge is 0.356 e. The maximum Gasteiger partial charge on any atom is 0.356 e. The number of aliphatic hydroxyl groups is 1. The van der Waals surface area contributed by atoms with E-state index in [1.54, 1.807) is 17.7 Å². The maximum atomic E-state index is 13.3. The number of hydrogen-bond acceptors (Lipinski definition) is 7. The highest BCUT2D eigenvalue weighted by atomic mass is 35.5. The Balaban J connectivity index is 1.58. The van der Waals surface area contributed by atoms with Crippen LogP contribution in [0.1, 0.15) is 34.6 Å². The topological polar surface area (TPSA) is 121 Å². The van der Waals surface area contributed by atoms with Crippen molar-refractivity contribution in [3.8, 4) is 0 Å². The van der Waals surface area contributed by atoms with Crippen molar-refractivity contribution in [1.29, 1.82) is 0 Å². The third-order valence-corrected chi connectivity index (χ3v) is 6.88. The van der Waals surface area contributed by atoms with Crippen LogP contribution in [0.4, 0.5) is 11.6 Å². The summed E-state index contributed by atoms with van der Waals surface area (Å²) in [6.07, 6.45) is -0.252. The number of piperidine rings is 1. The molecule has 2 aromatic heterocycles. The number of carboxylic acid groups (broad SMARTS) is 1. The molecule has 1 aromatic carbocycles. The number of benzene rings is 1. The predicted molar refractivity (Wildman–Crippen MR) is 125 cm³/mol. The summed E-state index contributed by atoms with van der Waals surface area (Å²) in [5, 5.41) is 23.2. The van der Waals surface area contributed by atoms with Crippen LogP contribution >= 0.6 is 11.6 Å². The number of aromatic nitrogens is 3. The van der Waals surface area contributed by atoms with Gasteiger partial charge in [-0.15, -0.1) is 0 Å². The van der Waals surface area contributed by atoms with Gasteiger partial charge in [0.05, 0.1) is 28.7 Å². The fraction of sp³-hybridized carbons (Fsp3) is 0.391. The van der Waals surface area contributed by atoms with Crippen LogP contribution in [0, 0.1) is 18.8 Å². The molecule has 3 atom stereocenters. The standard InChI is InChI=1S/C23H24ClN5O4/c1-10-6-12(11(2)25-16-4-5-17(24)26-19(16)22(32)33)18-13(7-10)21(31)28(3)23(27-18)29-8-14-15(9-29)20(14)30/h4-7,11,14-15,20,25,30H,8-9H2,1-3H3,(H,32,33). The lowest BCUT2D eigenvalue weighted by Gasteiger charge is -2.24. The quantitative estimate of drug-likeness (QED) is 0.487. The first-order chi connectivity index (χ1) is 15.7. The Hall–Kier alpha value is -3.17. The molecule has 0 spiro atoms. The minimum absolute atomic E-state index is 0.0928. The van der Waals surface area contributed by atoms with E-state index >= 15 is 0 Å². The first-order valence-corrected chi connectivity index (χ1v) is 11.1. The average molecular weight is 470 g/mol. The van der Waals surface area contributed by atoms with Crippen molar-refractivity contribution in [2.45, 2.75) is 26.0 Å². The van der Waals surface area contributed by atoms with E-state index in [4.69, 9.17) is 16.6 Å². The number of aryl methyl sites for hydroxylation is 1. The van der Waals surface area contributed by atoms with Gasteiger partial charge in [-0.2, -0.15) is 0 Å².